The fourth-order valence-corrected chi connectivity index (χ4v) is 2.25. The molecular weight excluding hydrogens is 232 g/mol. The summed E-state index contributed by atoms with van der Waals surface area (Å²) in [6.07, 6.45) is 2.34. The van der Waals surface area contributed by atoms with Crippen molar-refractivity contribution in [3.63, 3.8) is 0 Å². The fourth-order valence-electron chi connectivity index (χ4n) is 1.25. The van der Waals surface area contributed by atoms with Gasteiger partial charge in [0.2, 0.25) is 0 Å². The van der Waals surface area contributed by atoms with Gasteiger partial charge in [-0.1, -0.05) is 0 Å². The molecule has 0 aliphatic carbocycles. The first-order chi connectivity index (χ1) is 7.29. The van der Waals surface area contributed by atoms with E-state index >= 15 is 0 Å². The van der Waals surface area contributed by atoms with Crippen LogP contribution in [-0.4, -0.2) is 36.4 Å². The Balaban J connectivity index is 2.82. The number of aromatic nitrogens is 2. The topological polar surface area (TPSA) is 118 Å². The van der Waals surface area contributed by atoms with Crippen LogP contribution in [0.25, 0.3) is 0 Å². The highest BCUT2D eigenvalue weighted by Gasteiger charge is 2.13. The Labute approximate surface area is 93.0 Å². The smallest absolute Gasteiger partial charge is 0.276 e. The van der Waals surface area contributed by atoms with Gasteiger partial charge in [-0.3, -0.25) is 4.79 Å². The van der Waals surface area contributed by atoms with Gasteiger partial charge in [0.05, 0.1) is 12.1 Å². The maximum atomic E-state index is 11.1. The van der Waals surface area contributed by atoms with Crippen molar-refractivity contribution in [2.45, 2.75) is 13.0 Å². The molecule has 7 nitrogen and oxygen atoms in total. The van der Waals surface area contributed by atoms with Crippen LogP contribution in [0.1, 0.15) is 6.92 Å². The van der Waals surface area contributed by atoms with E-state index in [0.29, 0.717) is 0 Å². The SMILES string of the molecule is CC(CS(C)(=O)=O)Nc1nc[nH]c(=O)c1N. The third-order valence-electron chi connectivity index (χ3n) is 1.82. The maximum Gasteiger partial charge on any atom is 0.276 e. The number of nitrogens with zero attached hydrogens (tertiary/aromatic N) is 1. The summed E-state index contributed by atoms with van der Waals surface area (Å²) in [4.78, 5) is 17.3. The van der Waals surface area contributed by atoms with E-state index in [1.54, 1.807) is 6.92 Å². The van der Waals surface area contributed by atoms with Crippen molar-refractivity contribution in [3.05, 3.63) is 16.7 Å². The Morgan fingerprint density at radius 1 is 1.62 bits per heavy atom. The average Bonchev–Trinajstić information content (AvgIpc) is 2.09. The summed E-state index contributed by atoms with van der Waals surface area (Å²) < 4.78 is 22.0. The molecule has 8 heteroatoms. The molecule has 1 heterocycles. The van der Waals surface area contributed by atoms with Gasteiger partial charge in [0.15, 0.2) is 5.82 Å². The van der Waals surface area contributed by atoms with Crippen molar-refractivity contribution in [2.24, 2.45) is 0 Å². The first-order valence-electron chi connectivity index (χ1n) is 4.57. The lowest BCUT2D eigenvalue weighted by Crippen LogP contribution is -2.27. The summed E-state index contributed by atoms with van der Waals surface area (Å²) in [6, 6.07) is -0.369. The van der Waals surface area contributed by atoms with Crippen LogP contribution in [0.2, 0.25) is 0 Å². The van der Waals surface area contributed by atoms with Crippen LogP contribution >= 0.6 is 0 Å². The van der Waals surface area contributed by atoms with E-state index in [4.69, 9.17) is 5.73 Å². The average molecular weight is 246 g/mol. The third kappa shape index (κ3) is 3.54. The van der Waals surface area contributed by atoms with E-state index in [0.717, 1.165) is 6.26 Å². The second-order valence-electron chi connectivity index (χ2n) is 3.63. The zero-order valence-electron chi connectivity index (χ0n) is 9.02. The monoisotopic (exact) mass is 246 g/mol. The molecule has 1 aromatic heterocycles. The second kappa shape index (κ2) is 4.52. The summed E-state index contributed by atoms with van der Waals surface area (Å²) in [6.45, 7) is 1.67. The molecule has 1 unspecified atom stereocenters. The van der Waals surface area contributed by atoms with Gasteiger partial charge in [-0.15, -0.1) is 0 Å². The van der Waals surface area contributed by atoms with E-state index in [9.17, 15) is 13.2 Å². The largest absolute Gasteiger partial charge is 0.391 e. The molecule has 0 spiro atoms. The molecule has 0 saturated heterocycles. The first kappa shape index (κ1) is 12.5. The highest BCUT2D eigenvalue weighted by Crippen LogP contribution is 2.09. The molecule has 0 amide bonds. The van der Waals surface area contributed by atoms with Crippen LogP contribution in [-0.2, 0) is 9.84 Å². The van der Waals surface area contributed by atoms with Crippen molar-refractivity contribution in [1.29, 1.82) is 0 Å². The number of nitrogens with one attached hydrogen (secondary N) is 2. The lowest BCUT2D eigenvalue weighted by molar-refractivity contribution is 0.598. The molecule has 0 radical (unpaired) electrons. The number of rotatable bonds is 4. The summed E-state index contributed by atoms with van der Waals surface area (Å²) in [5.74, 6) is 0.140. The highest BCUT2D eigenvalue weighted by molar-refractivity contribution is 7.90. The van der Waals surface area contributed by atoms with Crippen molar-refractivity contribution >= 4 is 21.3 Å². The molecule has 0 aliphatic rings. The zero-order valence-corrected chi connectivity index (χ0v) is 9.84. The molecule has 0 aromatic carbocycles. The van der Waals surface area contributed by atoms with Gasteiger partial charge in [0.25, 0.3) is 5.56 Å². The number of aromatic amines is 1. The number of nitrogens with two attached hydrogens (primary N) is 1. The zero-order chi connectivity index (χ0) is 12.3. The van der Waals surface area contributed by atoms with Crippen LogP contribution in [0.15, 0.2) is 11.1 Å². The van der Waals surface area contributed by atoms with Crippen molar-refractivity contribution in [3.8, 4) is 0 Å². The van der Waals surface area contributed by atoms with Gasteiger partial charge < -0.3 is 16.0 Å². The molecule has 1 rings (SSSR count). The van der Waals surface area contributed by atoms with Gasteiger partial charge in [0.1, 0.15) is 15.5 Å². The van der Waals surface area contributed by atoms with Gasteiger partial charge in [-0.2, -0.15) is 0 Å². The number of H-pyrrole nitrogens is 1. The molecular formula is C8H14N4O3S. The normalized spacial score (nSPS) is 13.4. The predicted octanol–water partition coefficient (Wildman–Crippen LogP) is -0.803. The van der Waals surface area contributed by atoms with Crippen LogP contribution in [0.4, 0.5) is 11.5 Å². The van der Waals surface area contributed by atoms with E-state index in [1.165, 1.54) is 6.33 Å². The van der Waals surface area contributed by atoms with Gasteiger partial charge in [-0.05, 0) is 6.92 Å². The number of hydrogen-bond donors (Lipinski definition) is 3. The number of nitrogen functional groups attached to an aromatic ring is 1. The van der Waals surface area contributed by atoms with Crippen LogP contribution < -0.4 is 16.6 Å². The Kier molecular flexibility index (Phi) is 3.53. The van der Waals surface area contributed by atoms with Crippen molar-refractivity contribution in [2.75, 3.05) is 23.1 Å². The van der Waals surface area contributed by atoms with E-state index < -0.39 is 15.4 Å². The molecule has 1 atom stereocenters. The van der Waals surface area contributed by atoms with Crippen molar-refractivity contribution in [1.82, 2.24) is 9.97 Å². The van der Waals surface area contributed by atoms with Crippen LogP contribution in [0.3, 0.4) is 0 Å². The third-order valence-corrected chi connectivity index (χ3v) is 2.93. The van der Waals surface area contributed by atoms with Gasteiger partial charge in [-0.25, -0.2) is 13.4 Å². The highest BCUT2D eigenvalue weighted by atomic mass is 32.2. The van der Waals surface area contributed by atoms with Gasteiger partial charge >= 0.3 is 0 Å². The van der Waals surface area contributed by atoms with Crippen LogP contribution in [0, 0.1) is 0 Å². The van der Waals surface area contributed by atoms with Gasteiger partial charge in [0, 0.05) is 12.3 Å². The lowest BCUT2D eigenvalue weighted by atomic mass is 10.3. The number of anilines is 2. The van der Waals surface area contributed by atoms with E-state index in [1.807, 2.05) is 0 Å². The van der Waals surface area contributed by atoms with Crippen LogP contribution in [0.5, 0.6) is 0 Å². The molecule has 0 fully saturated rings. The maximum absolute atomic E-state index is 11.1. The molecule has 0 saturated carbocycles. The molecule has 0 bridgehead atoms. The molecule has 16 heavy (non-hydrogen) atoms. The number of sulfone groups is 1. The Bertz CT molecular complexity index is 522. The minimum atomic E-state index is -3.08. The van der Waals surface area contributed by atoms with E-state index in [-0.39, 0.29) is 23.3 Å². The standard InChI is InChI=1S/C8H14N4O3S/c1-5(3-16(2,14)15)12-7-6(9)8(13)11-4-10-7/h4-5H,3,9H2,1-2H3,(H2,10,11,12,13). The summed E-state index contributed by atoms with van der Waals surface area (Å²) >= 11 is 0. The lowest BCUT2D eigenvalue weighted by Gasteiger charge is -2.13. The second-order valence-corrected chi connectivity index (χ2v) is 5.82. The quantitative estimate of drug-likeness (QED) is 0.640. The summed E-state index contributed by atoms with van der Waals surface area (Å²) in [7, 11) is -3.08. The van der Waals surface area contributed by atoms with Crippen molar-refractivity contribution < 1.29 is 8.42 Å². The fraction of sp³-hybridized carbons (Fsp3) is 0.500. The first-order valence-corrected chi connectivity index (χ1v) is 6.63. The summed E-state index contributed by atoms with van der Waals surface area (Å²) in [5.41, 5.74) is 4.97. The minimum absolute atomic E-state index is 0.0529. The predicted molar refractivity (Wildman–Crippen MR) is 62.1 cm³/mol. The summed E-state index contributed by atoms with van der Waals surface area (Å²) in [5, 5.41) is 2.77. The Hall–Kier alpha value is -1.57. The molecule has 0 aliphatic heterocycles. The molecule has 1 aromatic rings. The molecule has 90 valence electrons. The Morgan fingerprint density at radius 2 is 2.25 bits per heavy atom. The molecule has 4 N–H and O–H groups in total. The minimum Gasteiger partial charge on any atom is -0.391 e. The Morgan fingerprint density at radius 3 is 2.81 bits per heavy atom. The van der Waals surface area contributed by atoms with E-state index in [2.05, 4.69) is 15.3 Å². The number of hydrogen-bond acceptors (Lipinski definition) is 6.